The van der Waals surface area contributed by atoms with Crippen LogP contribution in [0, 0.1) is 0 Å². The number of esters is 2. The SMILES string of the molecule is C=CCNC(=O)C(OC(C)=O)C(OC(C)=O)C(=O)O. The van der Waals surface area contributed by atoms with Crippen molar-refractivity contribution in [3.05, 3.63) is 12.7 Å². The first kappa shape index (κ1) is 16.6. The van der Waals surface area contributed by atoms with E-state index in [0.29, 0.717) is 0 Å². The number of carboxylic acids is 1. The maximum absolute atomic E-state index is 11.7. The van der Waals surface area contributed by atoms with Crippen molar-refractivity contribution < 1.29 is 33.8 Å². The lowest BCUT2D eigenvalue weighted by Crippen LogP contribution is -2.50. The lowest BCUT2D eigenvalue weighted by Gasteiger charge is -2.22. The van der Waals surface area contributed by atoms with E-state index < -0.39 is 36.0 Å². The van der Waals surface area contributed by atoms with Gasteiger partial charge in [0.25, 0.3) is 5.91 Å². The zero-order valence-electron chi connectivity index (χ0n) is 10.5. The van der Waals surface area contributed by atoms with Crippen LogP contribution in [0.1, 0.15) is 13.8 Å². The van der Waals surface area contributed by atoms with Crippen molar-refractivity contribution in [3.63, 3.8) is 0 Å². The fourth-order valence-corrected chi connectivity index (χ4v) is 1.13. The van der Waals surface area contributed by atoms with Gasteiger partial charge in [0.1, 0.15) is 0 Å². The molecule has 106 valence electrons. The van der Waals surface area contributed by atoms with E-state index in [1.54, 1.807) is 0 Å². The van der Waals surface area contributed by atoms with Gasteiger partial charge in [0.2, 0.25) is 12.2 Å². The van der Waals surface area contributed by atoms with Gasteiger partial charge in [-0.3, -0.25) is 14.4 Å². The van der Waals surface area contributed by atoms with Crippen LogP contribution in [0.25, 0.3) is 0 Å². The molecule has 19 heavy (non-hydrogen) atoms. The van der Waals surface area contributed by atoms with Gasteiger partial charge in [0.15, 0.2) is 0 Å². The Labute approximate surface area is 109 Å². The predicted octanol–water partition coefficient (Wildman–Crippen LogP) is -0.763. The summed E-state index contributed by atoms with van der Waals surface area (Å²) in [6, 6.07) is 0. The largest absolute Gasteiger partial charge is 0.478 e. The Bertz CT molecular complexity index is 391. The van der Waals surface area contributed by atoms with Gasteiger partial charge < -0.3 is 19.9 Å². The van der Waals surface area contributed by atoms with Crippen LogP contribution in [0.3, 0.4) is 0 Å². The average Bonchev–Trinajstić information content (AvgIpc) is 2.29. The predicted molar refractivity (Wildman–Crippen MR) is 62.0 cm³/mol. The Morgan fingerprint density at radius 3 is 2.00 bits per heavy atom. The number of nitrogens with one attached hydrogen (secondary N) is 1. The summed E-state index contributed by atoms with van der Waals surface area (Å²) in [5.41, 5.74) is 0. The molecule has 0 spiro atoms. The minimum absolute atomic E-state index is 0.0447. The van der Waals surface area contributed by atoms with Crippen LogP contribution in [-0.2, 0) is 28.7 Å². The second kappa shape index (κ2) is 7.85. The first-order valence-electron chi connectivity index (χ1n) is 5.25. The number of carbonyl (C=O) groups excluding carboxylic acids is 3. The maximum Gasteiger partial charge on any atom is 0.349 e. The molecule has 0 aromatic carbocycles. The van der Waals surface area contributed by atoms with Gasteiger partial charge in [-0.25, -0.2) is 4.79 Å². The number of hydrogen-bond donors (Lipinski definition) is 2. The highest BCUT2D eigenvalue weighted by molar-refractivity contribution is 5.90. The topological polar surface area (TPSA) is 119 Å². The second-order valence-corrected chi connectivity index (χ2v) is 3.43. The van der Waals surface area contributed by atoms with Crippen molar-refractivity contribution >= 4 is 23.8 Å². The van der Waals surface area contributed by atoms with E-state index in [1.807, 2.05) is 0 Å². The third-order valence-electron chi connectivity index (χ3n) is 1.78. The second-order valence-electron chi connectivity index (χ2n) is 3.43. The van der Waals surface area contributed by atoms with E-state index in [9.17, 15) is 19.2 Å². The first-order valence-corrected chi connectivity index (χ1v) is 5.25. The molecular formula is C11H15NO7. The molecule has 0 aromatic heterocycles. The molecule has 0 saturated heterocycles. The van der Waals surface area contributed by atoms with Crippen molar-refractivity contribution in [1.82, 2.24) is 5.32 Å². The lowest BCUT2D eigenvalue weighted by atomic mass is 10.2. The molecule has 0 aliphatic carbocycles. The quantitative estimate of drug-likeness (QED) is 0.462. The van der Waals surface area contributed by atoms with Gasteiger partial charge >= 0.3 is 17.9 Å². The van der Waals surface area contributed by atoms with Crippen molar-refractivity contribution in [3.8, 4) is 0 Å². The van der Waals surface area contributed by atoms with Crippen LogP contribution in [0.15, 0.2) is 12.7 Å². The molecule has 2 atom stereocenters. The molecule has 2 unspecified atom stereocenters. The van der Waals surface area contributed by atoms with Crippen LogP contribution < -0.4 is 5.32 Å². The highest BCUT2D eigenvalue weighted by Crippen LogP contribution is 2.07. The maximum atomic E-state index is 11.7. The molecule has 0 saturated carbocycles. The van der Waals surface area contributed by atoms with Crippen LogP contribution >= 0.6 is 0 Å². The Hall–Kier alpha value is -2.38. The fourth-order valence-electron chi connectivity index (χ4n) is 1.13. The summed E-state index contributed by atoms with van der Waals surface area (Å²) in [5.74, 6) is -4.29. The highest BCUT2D eigenvalue weighted by atomic mass is 16.6. The lowest BCUT2D eigenvalue weighted by molar-refractivity contribution is -0.180. The third-order valence-corrected chi connectivity index (χ3v) is 1.78. The van der Waals surface area contributed by atoms with Crippen molar-refractivity contribution in [2.45, 2.75) is 26.1 Å². The molecule has 0 aliphatic heterocycles. The molecule has 0 aliphatic rings. The molecule has 2 N–H and O–H groups in total. The van der Waals surface area contributed by atoms with Crippen molar-refractivity contribution in [2.75, 3.05) is 6.54 Å². The van der Waals surface area contributed by atoms with Gasteiger partial charge in [0.05, 0.1) is 0 Å². The molecular weight excluding hydrogens is 258 g/mol. The summed E-state index contributed by atoms with van der Waals surface area (Å²) in [5, 5.41) is 11.2. The molecule has 8 nitrogen and oxygen atoms in total. The molecule has 0 heterocycles. The molecule has 0 rings (SSSR count). The van der Waals surface area contributed by atoms with E-state index in [2.05, 4.69) is 21.4 Å². The Kier molecular flexibility index (Phi) is 6.87. The summed E-state index contributed by atoms with van der Waals surface area (Å²) >= 11 is 0. The minimum Gasteiger partial charge on any atom is -0.478 e. The van der Waals surface area contributed by atoms with Crippen molar-refractivity contribution in [1.29, 1.82) is 0 Å². The average molecular weight is 273 g/mol. The van der Waals surface area contributed by atoms with Crippen LogP contribution in [0.2, 0.25) is 0 Å². The number of ether oxygens (including phenoxy) is 2. The normalized spacial score (nSPS) is 12.7. The molecule has 1 amide bonds. The van der Waals surface area contributed by atoms with E-state index in [0.717, 1.165) is 13.8 Å². The van der Waals surface area contributed by atoms with E-state index in [1.165, 1.54) is 6.08 Å². The van der Waals surface area contributed by atoms with Crippen LogP contribution in [0.4, 0.5) is 0 Å². The monoisotopic (exact) mass is 273 g/mol. The Morgan fingerprint density at radius 1 is 1.16 bits per heavy atom. The van der Waals surface area contributed by atoms with Gasteiger partial charge in [-0.1, -0.05) is 6.08 Å². The smallest absolute Gasteiger partial charge is 0.349 e. The molecule has 0 aromatic rings. The number of amides is 1. The van der Waals surface area contributed by atoms with Gasteiger partial charge in [-0.2, -0.15) is 0 Å². The zero-order chi connectivity index (χ0) is 15.0. The Balaban J connectivity index is 5.09. The standard InChI is InChI=1S/C11H15NO7/c1-4-5-12-10(15)8(18-6(2)13)9(11(16)17)19-7(3)14/h4,8-9H,1,5H2,2-3H3,(H,12,15)(H,16,17). The first-order chi connectivity index (χ1) is 8.79. The summed E-state index contributed by atoms with van der Waals surface area (Å²) in [6.45, 7) is 5.38. The van der Waals surface area contributed by atoms with Gasteiger partial charge in [-0.05, 0) is 0 Å². The molecule has 0 bridgehead atoms. The fraction of sp³-hybridized carbons (Fsp3) is 0.455. The number of carboxylic acid groups (broad SMARTS) is 1. The number of rotatable bonds is 7. The number of aliphatic carboxylic acids is 1. The van der Waals surface area contributed by atoms with E-state index in [4.69, 9.17) is 5.11 Å². The summed E-state index contributed by atoms with van der Waals surface area (Å²) in [7, 11) is 0. The summed E-state index contributed by atoms with van der Waals surface area (Å²) in [4.78, 5) is 44.3. The van der Waals surface area contributed by atoms with E-state index >= 15 is 0 Å². The zero-order valence-corrected chi connectivity index (χ0v) is 10.5. The number of carbonyl (C=O) groups is 4. The highest BCUT2D eigenvalue weighted by Gasteiger charge is 2.39. The molecule has 0 radical (unpaired) electrons. The van der Waals surface area contributed by atoms with Crippen LogP contribution in [-0.4, -0.2) is 47.7 Å². The summed E-state index contributed by atoms with van der Waals surface area (Å²) < 4.78 is 9.06. The van der Waals surface area contributed by atoms with Crippen LogP contribution in [0.5, 0.6) is 0 Å². The van der Waals surface area contributed by atoms with E-state index in [-0.39, 0.29) is 6.54 Å². The molecule has 0 fully saturated rings. The third kappa shape index (κ3) is 6.20. The minimum atomic E-state index is -1.91. The van der Waals surface area contributed by atoms with Gasteiger partial charge in [-0.15, -0.1) is 6.58 Å². The van der Waals surface area contributed by atoms with Crippen molar-refractivity contribution in [2.24, 2.45) is 0 Å². The summed E-state index contributed by atoms with van der Waals surface area (Å²) in [6.07, 6.45) is -2.32. The number of hydrogen-bond acceptors (Lipinski definition) is 6. The molecule has 8 heteroatoms. The Morgan fingerprint density at radius 2 is 1.63 bits per heavy atom. The van der Waals surface area contributed by atoms with Gasteiger partial charge in [0, 0.05) is 20.4 Å².